The molecule has 0 aromatic heterocycles. The Morgan fingerprint density at radius 1 is 0.750 bits per heavy atom. The molecule has 0 aliphatic heterocycles. The van der Waals surface area contributed by atoms with E-state index in [4.69, 9.17) is 0 Å². The lowest BCUT2D eigenvalue weighted by Gasteiger charge is -2.03. The van der Waals surface area contributed by atoms with Crippen LogP contribution < -0.4 is 0 Å². The first-order chi connectivity index (χ1) is 9.66. The first-order valence-corrected chi connectivity index (χ1v) is 8.39. The van der Waals surface area contributed by atoms with Crippen LogP contribution in [0.25, 0.3) is 0 Å². The number of carbonyl (C=O) groups excluding carboxylic acids is 2. The van der Waals surface area contributed by atoms with E-state index in [1.165, 1.54) is 0 Å². The summed E-state index contributed by atoms with van der Waals surface area (Å²) in [5.74, 6) is 1.08. The van der Waals surface area contributed by atoms with E-state index in [9.17, 15) is 9.59 Å². The van der Waals surface area contributed by atoms with Crippen LogP contribution in [0.15, 0.2) is 60.7 Å². The molecular formula is C17H17O2S+. The molecule has 0 unspecified atom stereocenters. The van der Waals surface area contributed by atoms with Crippen LogP contribution in [0.2, 0.25) is 0 Å². The van der Waals surface area contributed by atoms with Gasteiger partial charge in [-0.2, -0.15) is 0 Å². The number of carbonyl (C=O) groups is 2. The van der Waals surface area contributed by atoms with E-state index < -0.39 is 0 Å². The van der Waals surface area contributed by atoms with Crippen LogP contribution in [-0.2, 0) is 10.9 Å². The van der Waals surface area contributed by atoms with Gasteiger partial charge in [-0.25, -0.2) is 0 Å². The van der Waals surface area contributed by atoms with Crippen LogP contribution in [0.4, 0.5) is 0 Å². The lowest BCUT2D eigenvalue weighted by atomic mass is 10.1. The molecule has 0 aliphatic rings. The molecule has 0 atom stereocenters. The van der Waals surface area contributed by atoms with Crippen molar-refractivity contribution < 1.29 is 9.59 Å². The van der Waals surface area contributed by atoms with Crippen LogP contribution in [-0.4, -0.2) is 29.3 Å². The smallest absolute Gasteiger partial charge is 0.211 e. The third-order valence-corrected chi connectivity index (χ3v) is 4.46. The summed E-state index contributed by atoms with van der Waals surface area (Å²) >= 11 is 0. The van der Waals surface area contributed by atoms with E-state index in [2.05, 4.69) is 0 Å². The molecule has 2 aromatic rings. The Balaban J connectivity index is 1.91. The Morgan fingerprint density at radius 3 is 1.45 bits per heavy atom. The van der Waals surface area contributed by atoms with Crippen molar-refractivity contribution in [3.63, 3.8) is 0 Å². The van der Waals surface area contributed by atoms with E-state index in [1.807, 2.05) is 66.9 Å². The molecule has 2 aromatic carbocycles. The fraction of sp³-hybridized carbons (Fsp3) is 0.176. The maximum atomic E-state index is 12.1. The number of Topliss-reactive ketones (excluding diaryl/α,β-unsaturated/α-hetero) is 2. The first kappa shape index (κ1) is 14.5. The largest absolute Gasteiger partial charge is 0.289 e. The Bertz CT molecular complexity index is 525. The molecule has 0 aliphatic carbocycles. The van der Waals surface area contributed by atoms with Crippen LogP contribution >= 0.6 is 0 Å². The normalized spacial score (nSPS) is 10.5. The van der Waals surface area contributed by atoms with Gasteiger partial charge in [0, 0.05) is 22.0 Å². The van der Waals surface area contributed by atoms with E-state index in [-0.39, 0.29) is 22.5 Å². The zero-order valence-corrected chi connectivity index (χ0v) is 12.2. The summed E-state index contributed by atoms with van der Waals surface area (Å²) in [7, 11) is -0.230. The molecule has 102 valence electrons. The molecule has 0 saturated heterocycles. The molecule has 2 rings (SSSR count). The number of ketones is 2. The highest BCUT2D eigenvalue weighted by molar-refractivity contribution is 7.97. The minimum absolute atomic E-state index is 0.109. The molecule has 0 heterocycles. The van der Waals surface area contributed by atoms with Crippen molar-refractivity contribution in [2.24, 2.45) is 0 Å². The third kappa shape index (κ3) is 4.07. The summed E-state index contributed by atoms with van der Waals surface area (Å²) in [5.41, 5.74) is 1.44. The zero-order valence-electron chi connectivity index (χ0n) is 11.4. The first-order valence-electron chi connectivity index (χ1n) is 6.42. The van der Waals surface area contributed by atoms with Crippen molar-refractivity contribution in [3.8, 4) is 0 Å². The van der Waals surface area contributed by atoms with Gasteiger partial charge in [-0.05, 0) is 0 Å². The van der Waals surface area contributed by atoms with E-state index >= 15 is 0 Å². The van der Waals surface area contributed by atoms with E-state index in [1.54, 1.807) is 0 Å². The van der Waals surface area contributed by atoms with Crippen molar-refractivity contribution in [1.29, 1.82) is 0 Å². The van der Waals surface area contributed by atoms with E-state index in [0.29, 0.717) is 11.5 Å². The van der Waals surface area contributed by atoms with Gasteiger partial charge in [-0.15, -0.1) is 0 Å². The molecule has 0 radical (unpaired) electrons. The maximum absolute atomic E-state index is 12.1. The van der Waals surface area contributed by atoms with Gasteiger partial charge >= 0.3 is 0 Å². The van der Waals surface area contributed by atoms with Crippen molar-refractivity contribution >= 4 is 22.5 Å². The molecule has 3 heteroatoms. The molecule has 0 saturated carbocycles. The molecule has 0 N–H and O–H groups in total. The Hall–Kier alpha value is -1.87. The summed E-state index contributed by atoms with van der Waals surface area (Å²) in [6.07, 6.45) is 1.97. The van der Waals surface area contributed by atoms with Crippen LogP contribution in [0.3, 0.4) is 0 Å². The average molecular weight is 285 g/mol. The van der Waals surface area contributed by atoms with Gasteiger partial charge in [-0.1, -0.05) is 60.7 Å². The van der Waals surface area contributed by atoms with E-state index in [0.717, 1.165) is 11.1 Å². The van der Waals surface area contributed by atoms with Crippen molar-refractivity contribution in [2.45, 2.75) is 0 Å². The van der Waals surface area contributed by atoms with Gasteiger partial charge in [0.15, 0.2) is 11.5 Å². The highest BCUT2D eigenvalue weighted by Crippen LogP contribution is 2.07. The second-order valence-corrected chi connectivity index (χ2v) is 6.79. The fourth-order valence-corrected chi connectivity index (χ4v) is 3.24. The van der Waals surface area contributed by atoms with Crippen LogP contribution in [0, 0.1) is 0 Å². The predicted molar refractivity (Wildman–Crippen MR) is 84.6 cm³/mol. The van der Waals surface area contributed by atoms with Gasteiger partial charge in [0.25, 0.3) is 0 Å². The monoisotopic (exact) mass is 285 g/mol. The lowest BCUT2D eigenvalue weighted by molar-refractivity contribution is 0.102. The third-order valence-electron chi connectivity index (χ3n) is 2.95. The van der Waals surface area contributed by atoms with Crippen molar-refractivity contribution in [1.82, 2.24) is 0 Å². The van der Waals surface area contributed by atoms with Gasteiger partial charge < -0.3 is 0 Å². The van der Waals surface area contributed by atoms with Gasteiger partial charge in [-0.3, -0.25) is 9.59 Å². The maximum Gasteiger partial charge on any atom is 0.211 e. The van der Waals surface area contributed by atoms with Crippen LogP contribution in [0.5, 0.6) is 0 Å². The SMILES string of the molecule is C[S+](CC(=O)c1ccccc1)CC(=O)c1ccccc1. The topological polar surface area (TPSA) is 34.1 Å². The minimum atomic E-state index is -0.230. The summed E-state index contributed by atoms with van der Waals surface area (Å²) in [5, 5.41) is 0. The van der Waals surface area contributed by atoms with Crippen molar-refractivity contribution in [3.05, 3.63) is 71.8 Å². The Labute approximate surface area is 122 Å². The fourth-order valence-electron chi connectivity index (χ4n) is 1.91. The summed E-state index contributed by atoms with van der Waals surface area (Å²) < 4.78 is 0. The summed E-state index contributed by atoms with van der Waals surface area (Å²) in [4.78, 5) is 24.1. The van der Waals surface area contributed by atoms with Gasteiger partial charge in [0.1, 0.15) is 0 Å². The quantitative estimate of drug-likeness (QED) is 0.604. The Kier molecular flexibility index (Phi) is 5.13. The highest BCUT2D eigenvalue weighted by Gasteiger charge is 2.22. The summed E-state index contributed by atoms with van der Waals surface area (Å²) in [6, 6.07) is 18.5. The second kappa shape index (κ2) is 7.06. The number of benzene rings is 2. The zero-order chi connectivity index (χ0) is 14.4. The standard InChI is InChI=1S/C17H17O2S/c1-20(12-16(18)14-8-4-2-5-9-14)13-17(19)15-10-6-3-7-11-15/h2-11H,12-13H2,1H3/q+1. The van der Waals surface area contributed by atoms with Gasteiger partial charge in [0.2, 0.25) is 11.6 Å². The molecule has 2 nitrogen and oxygen atoms in total. The number of rotatable bonds is 6. The van der Waals surface area contributed by atoms with Gasteiger partial charge in [0.05, 0.1) is 6.26 Å². The van der Waals surface area contributed by atoms with Crippen LogP contribution in [0.1, 0.15) is 20.7 Å². The molecule has 0 amide bonds. The second-order valence-electron chi connectivity index (χ2n) is 4.65. The molecule has 0 fully saturated rings. The molecule has 20 heavy (non-hydrogen) atoms. The summed E-state index contributed by atoms with van der Waals surface area (Å²) in [6.45, 7) is 0. The predicted octanol–water partition coefficient (Wildman–Crippen LogP) is 3.00. The average Bonchev–Trinajstić information content (AvgIpc) is 2.49. The number of hydrogen-bond acceptors (Lipinski definition) is 2. The Morgan fingerprint density at radius 2 is 1.10 bits per heavy atom. The molecule has 0 bridgehead atoms. The number of hydrogen-bond donors (Lipinski definition) is 0. The van der Waals surface area contributed by atoms with Crippen molar-refractivity contribution in [2.75, 3.05) is 17.8 Å². The lowest BCUT2D eigenvalue weighted by Crippen LogP contribution is -2.23. The molecule has 0 spiro atoms. The minimum Gasteiger partial charge on any atom is -0.289 e. The molecular weight excluding hydrogens is 268 g/mol. The highest BCUT2D eigenvalue weighted by atomic mass is 32.2.